The molecule has 1 N–H and O–H groups in total. The Labute approximate surface area is 197 Å². The highest BCUT2D eigenvalue weighted by atomic mass is 19.1. The van der Waals surface area contributed by atoms with Crippen LogP contribution < -0.4 is 4.90 Å². The summed E-state index contributed by atoms with van der Waals surface area (Å²) in [7, 11) is 0. The number of likely N-dealkylation sites (N-methyl/N-ethyl adjacent to an activating group) is 1. The molecule has 2 amide bonds. The molecular weight excluding hydrogens is 429 g/mol. The molecule has 34 heavy (non-hydrogen) atoms. The van der Waals surface area contributed by atoms with Crippen molar-refractivity contribution in [2.75, 3.05) is 18.0 Å². The number of anilines is 1. The van der Waals surface area contributed by atoms with Gasteiger partial charge in [-0.25, -0.2) is 4.39 Å². The number of nitrogens with zero attached hydrogens (tertiary/aromatic N) is 2. The van der Waals surface area contributed by atoms with Crippen LogP contribution in [0.25, 0.3) is 16.5 Å². The van der Waals surface area contributed by atoms with Crippen LogP contribution in [0.2, 0.25) is 0 Å². The van der Waals surface area contributed by atoms with Crippen LogP contribution in [-0.4, -0.2) is 34.8 Å². The van der Waals surface area contributed by atoms with Crippen LogP contribution in [0.4, 0.5) is 10.1 Å². The molecule has 0 bridgehead atoms. The van der Waals surface area contributed by atoms with Gasteiger partial charge in [0.25, 0.3) is 11.8 Å². The fourth-order valence-electron chi connectivity index (χ4n) is 4.54. The summed E-state index contributed by atoms with van der Waals surface area (Å²) in [5.41, 5.74) is 4.03. The summed E-state index contributed by atoms with van der Waals surface area (Å²) in [5, 5.41) is 1.08. The number of fused-ring (bicyclic) bond motifs is 1. The molecule has 0 saturated carbocycles. The van der Waals surface area contributed by atoms with E-state index in [2.05, 4.69) is 4.98 Å². The molecular formula is C28H24FN3O2. The van der Waals surface area contributed by atoms with Gasteiger partial charge in [0.1, 0.15) is 11.5 Å². The average Bonchev–Trinajstić information content (AvgIpc) is 3.38. The maximum Gasteiger partial charge on any atom is 0.278 e. The quantitative estimate of drug-likeness (QED) is 0.394. The molecule has 0 atom stereocenters. The van der Waals surface area contributed by atoms with Gasteiger partial charge in [0.15, 0.2) is 0 Å². The van der Waals surface area contributed by atoms with E-state index in [0.29, 0.717) is 29.8 Å². The van der Waals surface area contributed by atoms with Gasteiger partial charge in [-0.3, -0.25) is 14.5 Å². The largest absolute Gasteiger partial charge is 0.361 e. The minimum atomic E-state index is -0.394. The third-order valence-electron chi connectivity index (χ3n) is 6.21. The summed E-state index contributed by atoms with van der Waals surface area (Å²) in [6, 6.07) is 23.2. The smallest absolute Gasteiger partial charge is 0.278 e. The third-order valence-corrected chi connectivity index (χ3v) is 6.21. The number of para-hydroxylation sites is 2. The second-order valence-electron chi connectivity index (χ2n) is 8.18. The fourth-order valence-corrected chi connectivity index (χ4v) is 4.54. The van der Waals surface area contributed by atoms with Gasteiger partial charge in [0, 0.05) is 35.9 Å². The van der Waals surface area contributed by atoms with E-state index in [4.69, 9.17) is 0 Å². The molecule has 1 aliphatic rings. The first kappa shape index (κ1) is 21.6. The van der Waals surface area contributed by atoms with Gasteiger partial charge >= 0.3 is 0 Å². The lowest BCUT2D eigenvalue weighted by Crippen LogP contribution is -2.36. The van der Waals surface area contributed by atoms with E-state index in [1.807, 2.05) is 72.6 Å². The molecule has 0 fully saturated rings. The first-order valence-electron chi connectivity index (χ1n) is 11.3. The third kappa shape index (κ3) is 3.77. The Bertz CT molecular complexity index is 1390. The van der Waals surface area contributed by atoms with Gasteiger partial charge in [-0.15, -0.1) is 0 Å². The summed E-state index contributed by atoms with van der Waals surface area (Å²) in [6.45, 7) is 2.69. The molecule has 4 aromatic rings. The molecule has 0 unspecified atom stereocenters. The molecule has 3 aromatic carbocycles. The lowest BCUT2D eigenvalue weighted by molar-refractivity contribution is -0.136. The average molecular weight is 454 g/mol. The zero-order chi connectivity index (χ0) is 23.7. The van der Waals surface area contributed by atoms with Gasteiger partial charge in [-0.05, 0) is 54.8 Å². The number of carbonyl (C=O) groups is 2. The van der Waals surface area contributed by atoms with E-state index in [1.54, 1.807) is 12.1 Å². The zero-order valence-electron chi connectivity index (χ0n) is 18.8. The van der Waals surface area contributed by atoms with Crippen molar-refractivity contribution < 1.29 is 14.0 Å². The Morgan fingerprint density at radius 3 is 2.32 bits per heavy atom. The number of rotatable bonds is 7. The topological polar surface area (TPSA) is 56.4 Å². The van der Waals surface area contributed by atoms with Gasteiger partial charge in [-0.1, -0.05) is 48.5 Å². The second kappa shape index (κ2) is 8.98. The molecule has 0 saturated heterocycles. The molecule has 6 heteroatoms. The maximum absolute atomic E-state index is 13.7. The molecule has 1 aromatic heterocycles. The molecule has 0 aliphatic carbocycles. The summed E-state index contributed by atoms with van der Waals surface area (Å²) in [4.78, 5) is 33.7. The Kier molecular flexibility index (Phi) is 5.72. The van der Waals surface area contributed by atoms with Gasteiger partial charge < -0.3 is 9.88 Å². The predicted molar refractivity (Wildman–Crippen MR) is 132 cm³/mol. The first-order valence-corrected chi connectivity index (χ1v) is 11.3. The summed E-state index contributed by atoms with van der Waals surface area (Å²) in [6.07, 6.45) is 2.45. The lowest BCUT2D eigenvalue weighted by atomic mass is 10.0. The number of benzene rings is 3. The van der Waals surface area contributed by atoms with Gasteiger partial charge in [0.2, 0.25) is 0 Å². The standard InChI is InChI=1S/C28H24FN3O2/c1-2-31(22-8-4-3-5-9-22)26-25(19-12-14-21(29)15-13-19)27(33)32(28(26)34)17-16-20-18-30-24-11-7-6-10-23(20)24/h3-15,18,30H,2,16-17H2,1H3. The van der Waals surface area contributed by atoms with Crippen LogP contribution >= 0.6 is 0 Å². The Hall–Kier alpha value is -4.19. The van der Waals surface area contributed by atoms with Crippen molar-refractivity contribution in [1.29, 1.82) is 0 Å². The summed E-state index contributed by atoms with van der Waals surface area (Å²) in [5.74, 6) is -1.09. The number of hydrogen-bond acceptors (Lipinski definition) is 3. The Morgan fingerprint density at radius 1 is 0.882 bits per heavy atom. The number of halogens is 1. The van der Waals surface area contributed by atoms with Crippen LogP contribution in [0, 0.1) is 5.82 Å². The number of nitrogens with one attached hydrogen (secondary N) is 1. The molecule has 5 nitrogen and oxygen atoms in total. The number of imide groups is 1. The maximum atomic E-state index is 13.7. The molecule has 0 spiro atoms. The van der Waals surface area contributed by atoms with Crippen molar-refractivity contribution in [3.63, 3.8) is 0 Å². The molecule has 170 valence electrons. The van der Waals surface area contributed by atoms with Crippen LogP contribution in [0.15, 0.2) is 90.8 Å². The SMILES string of the molecule is CCN(C1=C(c2ccc(F)cc2)C(=O)N(CCc2c[nH]c3ccccc23)C1=O)c1ccccc1. The Morgan fingerprint density at radius 2 is 1.59 bits per heavy atom. The van der Waals surface area contributed by atoms with E-state index >= 15 is 0 Å². The van der Waals surface area contributed by atoms with Crippen LogP contribution in [0.1, 0.15) is 18.1 Å². The molecule has 1 aliphatic heterocycles. The van der Waals surface area contributed by atoms with E-state index < -0.39 is 5.82 Å². The molecule has 5 rings (SSSR count). The summed E-state index contributed by atoms with van der Waals surface area (Å²) >= 11 is 0. The second-order valence-corrected chi connectivity index (χ2v) is 8.18. The first-order chi connectivity index (χ1) is 16.6. The van der Waals surface area contributed by atoms with Crippen molar-refractivity contribution >= 4 is 34.0 Å². The zero-order valence-corrected chi connectivity index (χ0v) is 18.8. The summed E-state index contributed by atoms with van der Waals surface area (Å²) < 4.78 is 13.6. The van der Waals surface area contributed by atoms with Gasteiger partial charge in [-0.2, -0.15) is 0 Å². The van der Waals surface area contributed by atoms with E-state index in [0.717, 1.165) is 22.2 Å². The van der Waals surface area contributed by atoms with Crippen molar-refractivity contribution in [2.45, 2.75) is 13.3 Å². The highest BCUT2D eigenvalue weighted by Gasteiger charge is 2.41. The minimum absolute atomic E-state index is 0.250. The Balaban J connectivity index is 1.52. The molecule has 0 radical (unpaired) electrons. The number of carbonyl (C=O) groups excluding carboxylic acids is 2. The van der Waals surface area contributed by atoms with Gasteiger partial charge in [0.05, 0.1) is 5.57 Å². The minimum Gasteiger partial charge on any atom is -0.361 e. The highest BCUT2D eigenvalue weighted by molar-refractivity contribution is 6.36. The normalized spacial score (nSPS) is 13.9. The number of amides is 2. The van der Waals surface area contributed by atoms with E-state index in [9.17, 15) is 14.0 Å². The number of H-pyrrole nitrogens is 1. The van der Waals surface area contributed by atoms with Crippen molar-refractivity contribution in [3.8, 4) is 0 Å². The highest BCUT2D eigenvalue weighted by Crippen LogP contribution is 2.34. The van der Waals surface area contributed by atoms with Crippen LogP contribution in [0.5, 0.6) is 0 Å². The molecule has 2 heterocycles. The monoisotopic (exact) mass is 453 g/mol. The number of hydrogen-bond donors (Lipinski definition) is 1. The number of aromatic amines is 1. The lowest BCUT2D eigenvalue weighted by Gasteiger charge is -2.25. The fraction of sp³-hybridized carbons (Fsp3) is 0.143. The van der Waals surface area contributed by atoms with Crippen LogP contribution in [-0.2, 0) is 16.0 Å². The van der Waals surface area contributed by atoms with Crippen molar-refractivity contribution in [2.24, 2.45) is 0 Å². The predicted octanol–water partition coefficient (Wildman–Crippen LogP) is 5.16. The van der Waals surface area contributed by atoms with E-state index in [1.165, 1.54) is 17.0 Å². The van der Waals surface area contributed by atoms with Crippen molar-refractivity contribution in [3.05, 3.63) is 108 Å². The van der Waals surface area contributed by atoms with Crippen LogP contribution in [0.3, 0.4) is 0 Å². The van der Waals surface area contributed by atoms with Crippen molar-refractivity contribution in [1.82, 2.24) is 9.88 Å². The van der Waals surface area contributed by atoms with E-state index in [-0.39, 0.29) is 18.4 Å². The number of aromatic nitrogens is 1.